The molecule has 0 saturated carbocycles. The van der Waals surface area contributed by atoms with Crippen molar-refractivity contribution in [2.24, 2.45) is 11.3 Å². The second-order valence-corrected chi connectivity index (χ2v) is 9.84. The number of piperidine rings is 1. The van der Waals surface area contributed by atoms with E-state index in [2.05, 4.69) is 77.8 Å². The zero-order valence-corrected chi connectivity index (χ0v) is 17.2. The maximum Gasteiger partial charge on any atom is -0.00189 e. The molecular formula is C23H39N. The summed E-state index contributed by atoms with van der Waals surface area (Å²) < 4.78 is 0. The van der Waals surface area contributed by atoms with Gasteiger partial charge in [-0.15, -0.1) is 0 Å². The van der Waals surface area contributed by atoms with E-state index in [4.69, 9.17) is 0 Å². The topological polar surface area (TPSA) is 3.24 Å². The molecule has 1 aliphatic rings. The van der Waals surface area contributed by atoms with Crippen molar-refractivity contribution in [2.45, 2.75) is 78.6 Å². The Bertz CT molecular complexity index is 515. The lowest BCUT2D eigenvalue weighted by molar-refractivity contribution is 0.103. The van der Waals surface area contributed by atoms with E-state index in [1.165, 1.54) is 44.3 Å². The Morgan fingerprint density at radius 2 is 1.62 bits per heavy atom. The molecule has 1 aromatic rings. The van der Waals surface area contributed by atoms with E-state index in [9.17, 15) is 0 Å². The molecule has 1 nitrogen and oxygen atoms in total. The first-order valence-electron chi connectivity index (χ1n) is 9.89. The fourth-order valence-corrected chi connectivity index (χ4v) is 4.35. The predicted molar refractivity (Wildman–Crippen MR) is 107 cm³/mol. The molecule has 136 valence electrons. The molecule has 1 heteroatoms. The van der Waals surface area contributed by atoms with E-state index >= 15 is 0 Å². The van der Waals surface area contributed by atoms with E-state index in [0.29, 0.717) is 11.3 Å². The van der Waals surface area contributed by atoms with Gasteiger partial charge < -0.3 is 4.90 Å². The number of hydrogen-bond donors (Lipinski definition) is 0. The van der Waals surface area contributed by atoms with Gasteiger partial charge in [0.25, 0.3) is 0 Å². The molecule has 24 heavy (non-hydrogen) atoms. The highest BCUT2D eigenvalue weighted by Gasteiger charge is 2.32. The van der Waals surface area contributed by atoms with Gasteiger partial charge in [0.05, 0.1) is 0 Å². The van der Waals surface area contributed by atoms with Crippen LogP contribution in [0.25, 0.3) is 0 Å². The molecule has 1 atom stereocenters. The fourth-order valence-electron chi connectivity index (χ4n) is 4.35. The summed E-state index contributed by atoms with van der Waals surface area (Å²) in [5, 5.41) is 0. The summed E-state index contributed by atoms with van der Waals surface area (Å²) in [4.78, 5) is 2.48. The van der Waals surface area contributed by atoms with Gasteiger partial charge in [-0.1, -0.05) is 65.8 Å². The SMILES string of the molecule is CC(CCC(C)(C)C1CCN(C)CC1)c1ccccc1C(C)(C)C. The maximum absolute atomic E-state index is 2.51. The monoisotopic (exact) mass is 329 g/mol. The Balaban J connectivity index is 2.01. The van der Waals surface area contributed by atoms with E-state index in [1.807, 2.05) is 0 Å². The zero-order chi connectivity index (χ0) is 18.0. The summed E-state index contributed by atoms with van der Waals surface area (Å²) in [6.45, 7) is 17.0. The Morgan fingerprint density at radius 1 is 1.04 bits per heavy atom. The van der Waals surface area contributed by atoms with Crippen LogP contribution in [0, 0.1) is 11.3 Å². The van der Waals surface area contributed by atoms with Crippen molar-refractivity contribution in [3.05, 3.63) is 35.4 Å². The van der Waals surface area contributed by atoms with Gasteiger partial charge in [-0.25, -0.2) is 0 Å². The van der Waals surface area contributed by atoms with E-state index in [1.54, 1.807) is 5.56 Å². The van der Waals surface area contributed by atoms with Crippen LogP contribution in [-0.2, 0) is 5.41 Å². The molecule has 0 spiro atoms. The molecule has 0 aromatic heterocycles. The van der Waals surface area contributed by atoms with Gasteiger partial charge in [0.2, 0.25) is 0 Å². The van der Waals surface area contributed by atoms with Gasteiger partial charge in [-0.3, -0.25) is 0 Å². The lowest BCUT2D eigenvalue weighted by Crippen LogP contribution is -2.37. The largest absolute Gasteiger partial charge is 0.306 e. The number of benzene rings is 1. The van der Waals surface area contributed by atoms with Crippen molar-refractivity contribution < 1.29 is 0 Å². The van der Waals surface area contributed by atoms with Crippen LogP contribution in [-0.4, -0.2) is 25.0 Å². The molecule has 0 amide bonds. The third-order valence-electron chi connectivity index (χ3n) is 6.35. The lowest BCUT2D eigenvalue weighted by Gasteiger charge is -2.40. The van der Waals surface area contributed by atoms with Gasteiger partial charge >= 0.3 is 0 Å². The van der Waals surface area contributed by atoms with Crippen molar-refractivity contribution in [1.82, 2.24) is 4.90 Å². The van der Waals surface area contributed by atoms with Gasteiger partial charge in [0, 0.05) is 0 Å². The summed E-state index contributed by atoms with van der Waals surface area (Å²) in [6, 6.07) is 9.09. The van der Waals surface area contributed by atoms with Crippen LogP contribution in [0.2, 0.25) is 0 Å². The van der Waals surface area contributed by atoms with Crippen LogP contribution in [0.4, 0.5) is 0 Å². The van der Waals surface area contributed by atoms with Gasteiger partial charge in [-0.2, -0.15) is 0 Å². The van der Waals surface area contributed by atoms with Crippen LogP contribution in [0.15, 0.2) is 24.3 Å². The molecule has 1 unspecified atom stereocenters. The van der Waals surface area contributed by atoms with E-state index in [0.717, 1.165) is 5.92 Å². The van der Waals surface area contributed by atoms with Gasteiger partial charge in [0.15, 0.2) is 0 Å². The first-order chi connectivity index (χ1) is 11.1. The summed E-state index contributed by atoms with van der Waals surface area (Å²) in [5.74, 6) is 1.53. The van der Waals surface area contributed by atoms with E-state index in [-0.39, 0.29) is 5.41 Å². The Kier molecular flexibility index (Phi) is 6.18. The normalized spacial score (nSPS) is 19.5. The molecule has 1 heterocycles. The quantitative estimate of drug-likeness (QED) is 0.618. The van der Waals surface area contributed by atoms with Crippen LogP contribution in [0.5, 0.6) is 0 Å². The molecule has 0 bridgehead atoms. The first kappa shape index (κ1) is 19.5. The summed E-state index contributed by atoms with van der Waals surface area (Å²) >= 11 is 0. The molecule has 0 N–H and O–H groups in total. The minimum absolute atomic E-state index is 0.230. The molecule has 0 radical (unpaired) electrons. The number of likely N-dealkylation sites (tertiary alicyclic amines) is 1. The highest BCUT2D eigenvalue weighted by atomic mass is 15.1. The van der Waals surface area contributed by atoms with Gasteiger partial charge in [-0.05, 0) is 79.6 Å². The third kappa shape index (κ3) is 4.85. The zero-order valence-electron chi connectivity index (χ0n) is 17.2. The number of hydrogen-bond acceptors (Lipinski definition) is 1. The van der Waals surface area contributed by atoms with Gasteiger partial charge in [0.1, 0.15) is 0 Å². The van der Waals surface area contributed by atoms with Crippen LogP contribution in [0.1, 0.15) is 84.3 Å². The molecular weight excluding hydrogens is 290 g/mol. The Labute approximate surface area is 150 Å². The Hall–Kier alpha value is -0.820. The van der Waals surface area contributed by atoms with Crippen LogP contribution in [0.3, 0.4) is 0 Å². The average molecular weight is 330 g/mol. The summed E-state index contributed by atoms with van der Waals surface area (Å²) in [5.41, 5.74) is 3.78. The highest BCUT2D eigenvalue weighted by Crippen LogP contribution is 2.41. The second-order valence-electron chi connectivity index (χ2n) is 9.84. The third-order valence-corrected chi connectivity index (χ3v) is 6.35. The summed E-state index contributed by atoms with van der Waals surface area (Å²) in [6.07, 6.45) is 5.38. The fraction of sp³-hybridized carbons (Fsp3) is 0.739. The molecule has 1 saturated heterocycles. The highest BCUT2D eigenvalue weighted by molar-refractivity contribution is 5.35. The molecule has 1 aliphatic heterocycles. The van der Waals surface area contributed by atoms with Crippen LogP contribution >= 0.6 is 0 Å². The molecule has 0 aliphatic carbocycles. The minimum Gasteiger partial charge on any atom is -0.306 e. The maximum atomic E-state index is 2.51. The molecule has 2 rings (SSSR count). The van der Waals surface area contributed by atoms with E-state index < -0.39 is 0 Å². The molecule has 1 fully saturated rings. The van der Waals surface area contributed by atoms with Crippen molar-refractivity contribution in [2.75, 3.05) is 20.1 Å². The second kappa shape index (κ2) is 7.60. The van der Waals surface area contributed by atoms with Crippen molar-refractivity contribution >= 4 is 0 Å². The first-order valence-corrected chi connectivity index (χ1v) is 9.89. The van der Waals surface area contributed by atoms with Crippen molar-refractivity contribution in [1.29, 1.82) is 0 Å². The minimum atomic E-state index is 0.230. The van der Waals surface area contributed by atoms with Crippen LogP contribution < -0.4 is 0 Å². The predicted octanol–water partition coefficient (Wildman–Crippen LogP) is 6.24. The summed E-state index contributed by atoms with van der Waals surface area (Å²) in [7, 11) is 2.26. The van der Waals surface area contributed by atoms with Crippen molar-refractivity contribution in [3.8, 4) is 0 Å². The van der Waals surface area contributed by atoms with Crippen molar-refractivity contribution in [3.63, 3.8) is 0 Å². The standard InChI is InChI=1S/C23H39N/c1-18(20-10-8-9-11-21(20)22(2,3)4)12-15-23(5,6)19-13-16-24(7)17-14-19/h8-11,18-19H,12-17H2,1-7H3. The average Bonchev–Trinajstić information content (AvgIpc) is 2.52. The lowest BCUT2D eigenvalue weighted by atomic mass is 9.69. The Morgan fingerprint density at radius 3 is 2.21 bits per heavy atom. The smallest absolute Gasteiger partial charge is 0.00189 e. The number of rotatable bonds is 5. The number of nitrogens with zero attached hydrogens (tertiary/aromatic N) is 1. The molecule has 1 aromatic carbocycles.